The Labute approximate surface area is 223 Å². The fourth-order valence-corrected chi connectivity index (χ4v) is 3.66. The van der Waals surface area contributed by atoms with Crippen LogP contribution in [-0.4, -0.2) is 16.2 Å². The second kappa shape index (κ2) is 12.9. The molecule has 0 aliphatic carbocycles. The Balaban J connectivity index is 1.31. The molecule has 2 N–H and O–H groups in total. The van der Waals surface area contributed by atoms with Crippen LogP contribution < -0.4 is 0 Å². The van der Waals surface area contributed by atoms with Crippen LogP contribution in [-0.2, 0) is 17.8 Å². The van der Waals surface area contributed by atoms with Gasteiger partial charge in [-0.05, 0) is 90.7 Å². The molecule has 0 spiro atoms. The molecule has 0 saturated carbocycles. The maximum atomic E-state index is 12.2. The SMILES string of the molecule is CCCCc1ccc(C#Cc2ccc(C#Cc3ccc(COC(=O)c4cc(O)ccc4O)cc3)cc2)cc1. The van der Waals surface area contributed by atoms with Gasteiger partial charge in [-0.3, -0.25) is 0 Å². The standard InChI is InChI=1S/C34H28O4/c1-2-3-4-25-5-7-26(8-6-25)9-10-27-11-13-28(14-12-27)15-16-29-17-19-30(20-18-29)24-38-34(37)32-23-31(35)21-22-33(32)36/h5-8,11-14,17-23,35-36H,2-4,24H2,1H3. The number of aromatic hydroxyl groups is 2. The molecular weight excluding hydrogens is 472 g/mol. The van der Waals surface area contributed by atoms with Crippen LogP contribution in [0.1, 0.15) is 63.5 Å². The summed E-state index contributed by atoms with van der Waals surface area (Å²) in [6, 6.07) is 27.4. The second-order valence-corrected chi connectivity index (χ2v) is 8.85. The summed E-state index contributed by atoms with van der Waals surface area (Å²) < 4.78 is 5.24. The summed E-state index contributed by atoms with van der Waals surface area (Å²) in [7, 11) is 0. The fourth-order valence-electron chi connectivity index (χ4n) is 3.66. The molecule has 0 aliphatic heterocycles. The number of hydrogen-bond acceptors (Lipinski definition) is 4. The lowest BCUT2D eigenvalue weighted by molar-refractivity contribution is 0.0469. The van der Waals surface area contributed by atoms with Gasteiger partial charge in [0, 0.05) is 22.3 Å². The average Bonchev–Trinajstić information content (AvgIpc) is 2.95. The Kier molecular flexibility index (Phi) is 8.85. The van der Waals surface area contributed by atoms with Crippen molar-refractivity contribution in [3.63, 3.8) is 0 Å². The first-order valence-electron chi connectivity index (χ1n) is 12.5. The molecule has 4 aromatic rings. The third kappa shape index (κ3) is 7.53. The highest BCUT2D eigenvalue weighted by Crippen LogP contribution is 2.23. The minimum atomic E-state index is -0.712. The van der Waals surface area contributed by atoms with Crippen molar-refractivity contribution in [2.75, 3.05) is 0 Å². The van der Waals surface area contributed by atoms with Crippen LogP contribution in [0.3, 0.4) is 0 Å². The highest BCUT2D eigenvalue weighted by atomic mass is 16.5. The molecule has 0 unspecified atom stereocenters. The number of phenols is 2. The van der Waals surface area contributed by atoms with Gasteiger partial charge in [0.15, 0.2) is 0 Å². The zero-order valence-electron chi connectivity index (χ0n) is 21.2. The molecule has 4 aromatic carbocycles. The van der Waals surface area contributed by atoms with E-state index < -0.39 is 5.97 Å². The van der Waals surface area contributed by atoms with Gasteiger partial charge in [0.1, 0.15) is 23.7 Å². The van der Waals surface area contributed by atoms with Gasteiger partial charge < -0.3 is 14.9 Å². The number of ether oxygens (including phenoxy) is 1. The number of rotatable bonds is 6. The van der Waals surface area contributed by atoms with Crippen LogP contribution in [0.2, 0.25) is 0 Å². The van der Waals surface area contributed by atoms with Crippen LogP contribution in [0.5, 0.6) is 11.5 Å². The number of carbonyl (C=O) groups is 1. The molecule has 38 heavy (non-hydrogen) atoms. The molecule has 0 bridgehead atoms. The van der Waals surface area contributed by atoms with E-state index in [1.807, 2.05) is 48.5 Å². The van der Waals surface area contributed by atoms with Gasteiger partial charge in [-0.2, -0.15) is 0 Å². The first-order chi connectivity index (χ1) is 18.5. The Morgan fingerprint density at radius 3 is 1.66 bits per heavy atom. The quantitative estimate of drug-likeness (QED) is 0.178. The maximum absolute atomic E-state index is 12.2. The number of phenolic OH excluding ortho intramolecular Hbond substituents is 2. The van der Waals surface area contributed by atoms with E-state index in [1.54, 1.807) is 0 Å². The largest absolute Gasteiger partial charge is 0.508 e. The van der Waals surface area contributed by atoms with E-state index in [-0.39, 0.29) is 23.7 Å². The van der Waals surface area contributed by atoms with Crippen LogP contribution in [0.25, 0.3) is 0 Å². The van der Waals surface area contributed by atoms with Gasteiger partial charge in [0.25, 0.3) is 0 Å². The number of benzene rings is 4. The Morgan fingerprint density at radius 2 is 1.16 bits per heavy atom. The van der Waals surface area contributed by atoms with Gasteiger partial charge in [-0.1, -0.05) is 61.3 Å². The van der Waals surface area contributed by atoms with Crippen molar-refractivity contribution in [3.05, 3.63) is 130 Å². The van der Waals surface area contributed by atoms with Crippen molar-refractivity contribution in [2.45, 2.75) is 32.8 Å². The smallest absolute Gasteiger partial charge is 0.342 e. The van der Waals surface area contributed by atoms with E-state index in [0.717, 1.165) is 34.2 Å². The predicted octanol–water partition coefficient (Wildman–Crippen LogP) is 6.60. The molecule has 4 heteroatoms. The lowest BCUT2D eigenvalue weighted by Crippen LogP contribution is -2.05. The zero-order chi connectivity index (χ0) is 26.7. The molecule has 0 fully saturated rings. The van der Waals surface area contributed by atoms with Gasteiger partial charge in [0.05, 0.1) is 0 Å². The van der Waals surface area contributed by atoms with Gasteiger partial charge >= 0.3 is 5.97 Å². The number of unbranched alkanes of at least 4 members (excludes halogenated alkanes) is 1. The maximum Gasteiger partial charge on any atom is 0.342 e. The van der Waals surface area contributed by atoms with Crippen molar-refractivity contribution < 1.29 is 19.7 Å². The molecule has 0 atom stereocenters. The number of hydrogen-bond donors (Lipinski definition) is 2. The molecule has 0 saturated heterocycles. The van der Waals surface area contributed by atoms with E-state index in [2.05, 4.69) is 54.9 Å². The monoisotopic (exact) mass is 500 g/mol. The highest BCUT2D eigenvalue weighted by molar-refractivity contribution is 5.92. The summed E-state index contributed by atoms with van der Waals surface area (Å²) in [5, 5.41) is 19.3. The molecule has 0 aliphatic rings. The summed E-state index contributed by atoms with van der Waals surface area (Å²) in [5.41, 5.74) is 5.71. The van der Waals surface area contributed by atoms with Crippen molar-refractivity contribution >= 4 is 5.97 Å². The van der Waals surface area contributed by atoms with E-state index in [9.17, 15) is 15.0 Å². The lowest BCUT2D eigenvalue weighted by Gasteiger charge is -2.07. The van der Waals surface area contributed by atoms with Crippen molar-refractivity contribution in [3.8, 4) is 35.2 Å². The van der Waals surface area contributed by atoms with Gasteiger partial charge in [-0.15, -0.1) is 0 Å². The van der Waals surface area contributed by atoms with Crippen LogP contribution in [0.15, 0.2) is 91.0 Å². The molecule has 0 aromatic heterocycles. The normalized spacial score (nSPS) is 10.0. The second-order valence-electron chi connectivity index (χ2n) is 8.85. The summed E-state index contributed by atoms with van der Waals surface area (Å²) in [6.45, 7) is 2.24. The predicted molar refractivity (Wildman–Crippen MR) is 149 cm³/mol. The fraction of sp³-hybridized carbons (Fsp3) is 0.147. The first-order valence-corrected chi connectivity index (χ1v) is 12.5. The summed E-state index contributed by atoms with van der Waals surface area (Å²) >= 11 is 0. The lowest BCUT2D eigenvalue weighted by atomic mass is 10.1. The van der Waals surface area contributed by atoms with Gasteiger partial charge in [-0.25, -0.2) is 4.79 Å². The van der Waals surface area contributed by atoms with Gasteiger partial charge in [0.2, 0.25) is 0 Å². The van der Waals surface area contributed by atoms with E-state index in [1.165, 1.54) is 36.6 Å². The van der Waals surface area contributed by atoms with Crippen LogP contribution in [0.4, 0.5) is 0 Å². The molecule has 0 amide bonds. The third-order valence-electron chi connectivity index (χ3n) is 5.88. The molecule has 188 valence electrons. The summed E-state index contributed by atoms with van der Waals surface area (Å²) in [6.07, 6.45) is 3.52. The van der Waals surface area contributed by atoms with E-state index >= 15 is 0 Å². The number of aryl methyl sites for hydroxylation is 1. The zero-order valence-corrected chi connectivity index (χ0v) is 21.2. The van der Waals surface area contributed by atoms with Crippen LogP contribution in [0, 0.1) is 23.7 Å². The minimum Gasteiger partial charge on any atom is -0.508 e. The topological polar surface area (TPSA) is 66.8 Å². The third-order valence-corrected chi connectivity index (χ3v) is 5.88. The molecule has 4 nitrogen and oxygen atoms in total. The number of carbonyl (C=O) groups excluding carboxylic acids is 1. The summed E-state index contributed by atoms with van der Waals surface area (Å²) in [5.74, 6) is 11.6. The van der Waals surface area contributed by atoms with E-state index in [0.29, 0.717) is 0 Å². The van der Waals surface area contributed by atoms with Crippen molar-refractivity contribution in [1.82, 2.24) is 0 Å². The highest BCUT2D eigenvalue weighted by Gasteiger charge is 2.13. The van der Waals surface area contributed by atoms with Crippen molar-refractivity contribution in [1.29, 1.82) is 0 Å². The first kappa shape index (κ1) is 26.1. The van der Waals surface area contributed by atoms with E-state index in [4.69, 9.17) is 4.74 Å². The van der Waals surface area contributed by atoms with Crippen LogP contribution >= 0.6 is 0 Å². The van der Waals surface area contributed by atoms with Crippen molar-refractivity contribution in [2.24, 2.45) is 0 Å². The Bertz CT molecular complexity index is 1510. The summed E-state index contributed by atoms with van der Waals surface area (Å²) in [4.78, 5) is 12.2. The molecule has 4 rings (SSSR count). The molecular formula is C34H28O4. The minimum absolute atomic E-state index is 0.0349. The molecule has 0 heterocycles. The Morgan fingerprint density at radius 1 is 0.684 bits per heavy atom. The molecule has 0 radical (unpaired) electrons. The average molecular weight is 501 g/mol. The Hall–Kier alpha value is -4.93. The number of esters is 1.